The molecule has 0 spiro atoms. The normalized spacial score (nSPS) is 18.4. The Morgan fingerprint density at radius 1 is 1.24 bits per heavy atom. The minimum Gasteiger partial charge on any atom is -0.379 e. The second-order valence-corrected chi connectivity index (χ2v) is 6.31. The van der Waals surface area contributed by atoms with Gasteiger partial charge in [0, 0.05) is 19.1 Å². The van der Waals surface area contributed by atoms with E-state index in [4.69, 9.17) is 10.5 Å². The third-order valence-electron chi connectivity index (χ3n) is 3.98. The van der Waals surface area contributed by atoms with E-state index in [0.29, 0.717) is 38.8 Å². The zero-order valence-electron chi connectivity index (χ0n) is 14.5. The van der Waals surface area contributed by atoms with Crippen molar-refractivity contribution in [3.8, 4) is 0 Å². The highest BCUT2D eigenvalue weighted by Gasteiger charge is 2.31. The molecule has 1 fully saturated rings. The van der Waals surface area contributed by atoms with Crippen LogP contribution in [0.2, 0.25) is 0 Å². The molecule has 3 N–H and O–H groups in total. The number of nitrogens with zero attached hydrogens (tertiary/aromatic N) is 2. The topological polar surface area (TPSA) is 62.9 Å². The molecule has 1 unspecified atom stereocenters. The molecule has 25 heavy (non-hydrogen) atoms. The molecule has 1 aliphatic heterocycles. The van der Waals surface area contributed by atoms with E-state index in [1.807, 2.05) is 13.8 Å². The summed E-state index contributed by atoms with van der Waals surface area (Å²) in [6, 6.07) is 5.29. The van der Waals surface area contributed by atoms with E-state index in [-0.39, 0.29) is 12.1 Å². The van der Waals surface area contributed by atoms with Crippen molar-refractivity contribution in [2.45, 2.75) is 32.1 Å². The molecule has 0 amide bonds. The summed E-state index contributed by atoms with van der Waals surface area (Å²) in [5, 5.41) is 3.02. The fraction of sp³-hybridized carbons (Fsp3) is 0.588. The molecular weight excluding hydrogens is 333 g/mol. The van der Waals surface area contributed by atoms with E-state index in [2.05, 4.69) is 15.2 Å². The molecule has 0 aromatic heterocycles. The zero-order valence-corrected chi connectivity index (χ0v) is 14.5. The standard InChI is InChI=1S/C17H25F3N4O/c1-12(2)23-16(21)22-11-15(24-7-9-25-10-8-24)13-3-5-14(6-4-13)17(18,19)20/h3-6,12,15H,7-11H2,1-2H3,(H3,21,22,23). The first-order valence-electron chi connectivity index (χ1n) is 8.33. The average molecular weight is 358 g/mol. The fourth-order valence-corrected chi connectivity index (χ4v) is 2.74. The van der Waals surface area contributed by atoms with Gasteiger partial charge >= 0.3 is 6.18 Å². The lowest BCUT2D eigenvalue weighted by Gasteiger charge is -2.34. The second-order valence-electron chi connectivity index (χ2n) is 6.31. The van der Waals surface area contributed by atoms with Crippen LogP contribution >= 0.6 is 0 Å². The van der Waals surface area contributed by atoms with Gasteiger partial charge in [-0.2, -0.15) is 13.2 Å². The van der Waals surface area contributed by atoms with Crippen LogP contribution in [0.25, 0.3) is 0 Å². The van der Waals surface area contributed by atoms with Crippen molar-refractivity contribution in [3.05, 3.63) is 35.4 Å². The molecule has 1 aromatic carbocycles. The van der Waals surface area contributed by atoms with E-state index >= 15 is 0 Å². The predicted octanol–water partition coefficient (Wildman–Crippen LogP) is 2.39. The Morgan fingerprint density at radius 3 is 2.36 bits per heavy atom. The summed E-state index contributed by atoms with van der Waals surface area (Å²) < 4.78 is 43.7. The summed E-state index contributed by atoms with van der Waals surface area (Å²) in [4.78, 5) is 6.53. The van der Waals surface area contributed by atoms with Gasteiger partial charge in [-0.25, -0.2) is 0 Å². The van der Waals surface area contributed by atoms with Crippen molar-refractivity contribution < 1.29 is 17.9 Å². The number of hydrogen-bond donors (Lipinski definition) is 2. The van der Waals surface area contributed by atoms with Crippen molar-refractivity contribution in [2.75, 3.05) is 32.8 Å². The summed E-state index contributed by atoms with van der Waals surface area (Å²) in [5.74, 6) is 0.333. The number of morpholine rings is 1. The maximum Gasteiger partial charge on any atom is 0.416 e. The van der Waals surface area contributed by atoms with Crippen LogP contribution in [-0.2, 0) is 10.9 Å². The summed E-state index contributed by atoms with van der Waals surface area (Å²) in [7, 11) is 0. The maximum atomic E-state index is 12.8. The Hall–Kier alpha value is -1.80. The van der Waals surface area contributed by atoms with Crippen LogP contribution < -0.4 is 11.1 Å². The Labute approximate surface area is 146 Å². The molecule has 0 saturated carbocycles. The number of aliphatic imine (C=N–C) groups is 1. The van der Waals surface area contributed by atoms with E-state index in [9.17, 15) is 13.2 Å². The number of hydrogen-bond acceptors (Lipinski definition) is 3. The van der Waals surface area contributed by atoms with E-state index < -0.39 is 11.7 Å². The van der Waals surface area contributed by atoms with Gasteiger partial charge in [-0.3, -0.25) is 9.89 Å². The molecule has 8 heteroatoms. The molecule has 1 aromatic rings. The van der Waals surface area contributed by atoms with Gasteiger partial charge in [0.05, 0.1) is 31.4 Å². The van der Waals surface area contributed by atoms with Crippen LogP contribution in [0.4, 0.5) is 13.2 Å². The Bertz CT molecular complexity index is 566. The van der Waals surface area contributed by atoms with Gasteiger partial charge in [0.1, 0.15) is 0 Å². The Morgan fingerprint density at radius 2 is 1.84 bits per heavy atom. The van der Waals surface area contributed by atoms with Crippen LogP contribution in [0, 0.1) is 0 Å². The average Bonchev–Trinajstić information content (AvgIpc) is 2.55. The number of halogens is 3. The molecule has 0 bridgehead atoms. The first-order chi connectivity index (χ1) is 11.8. The zero-order chi connectivity index (χ0) is 18.4. The Balaban J connectivity index is 2.18. The fourth-order valence-electron chi connectivity index (χ4n) is 2.74. The monoisotopic (exact) mass is 358 g/mol. The molecule has 2 rings (SSSR count). The number of guanidine groups is 1. The number of rotatable bonds is 5. The minimum atomic E-state index is -4.34. The molecule has 140 valence electrons. The first kappa shape index (κ1) is 19.5. The van der Waals surface area contributed by atoms with Crippen LogP contribution in [0.3, 0.4) is 0 Å². The van der Waals surface area contributed by atoms with Crippen molar-refractivity contribution in [2.24, 2.45) is 10.7 Å². The minimum absolute atomic E-state index is 0.140. The summed E-state index contributed by atoms with van der Waals surface area (Å²) >= 11 is 0. The molecule has 1 saturated heterocycles. The molecule has 0 aliphatic carbocycles. The van der Waals surface area contributed by atoms with Gasteiger partial charge in [-0.05, 0) is 31.5 Å². The van der Waals surface area contributed by atoms with Gasteiger partial charge in [0.15, 0.2) is 5.96 Å². The van der Waals surface area contributed by atoms with Crippen molar-refractivity contribution >= 4 is 5.96 Å². The predicted molar refractivity (Wildman–Crippen MR) is 91.3 cm³/mol. The molecule has 5 nitrogen and oxygen atoms in total. The molecule has 0 radical (unpaired) electrons. The van der Waals surface area contributed by atoms with E-state index in [1.165, 1.54) is 12.1 Å². The van der Waals surface area contributed by atoms with Gasteiger partial charge < -0.3 is 15.8 Å². The quantitative estimate of drug-likeness (QED) is 0.627. The molecule has 1 heterocycles. The number of nitrogens with two attached hydrogens (primary N) is 1. The van der Waals surface area contributed by atoms with Gasteiger partial charge in [-0.15, -0.1) is 0 Å². The third kappa shape index (κ3) is 5.89. The summed E-state index contributed by atoms with van der Waals surface area (Å²) in [6.45, 7) is 6.89. The highest BCUT2D eigenvalue weighted by atomic mass is 19.4. The lowest BCUT2D eigenvalue weighted by molar-refractivity contribution is -0.137. The SMILES string of the molecule is CC(C)NC(N)=NCC(c1ccc(C(F)(F)F)cc1)N1CCOCC1. The van der Waals surface area contributed by atoms with Gasteiger partial charge in [0.2, 0.25) is 0 Å². The molecular formula is C17H25F3N4O. The van der Waals surface area contributed by atoms with Crippen molar-refractivity contribution in [1.82, 2.24) is 10.2 Å². The molecule has 1 atom stereocenters. The lowest BCUT2D eigenvalue weighted by atomic mass is 10.0. The van der Waals surface area contributed by atoms with Gasteiger partial charge in [0.25, 0.3) is 0 Å². The van der Waals surface area contributed by atoms with E-state index in [0.717, 1.165) is 17.7 Å². The highest BCUT2D eigenvalue weighted by molar-refractivity contribution is 5.78. The summed E-state index contributed by atoms with van der Waals surface area (Å²) in [5.41, 5.74) is 6.00. The smallest absolute Gasteiger partial charge is 0.379 e. The van der Waals surface area contributed by atoms with Crippen LogP contribution in [0.1, 0.15) is 31.0 Å². The third-order valence-corrected chi connectivity index (χ3v) is 3.98. The first-order valence-corrected chi connectivity index (χ1v) is 8.33. The lowest BCUT2D eigenvalue weighted by Crippen LogP contribution is -2.41. The maximum absolute atomic E-state index is 12.8. The second kappa shape index (κ2) is 8.53. The number of benzene rings is 1. The number of alkyl halides is 3. The summed E-state index contributed by atoms with van der Waals surface area (Å²) in [6.07, 6.45) is -4.34. The highest BCUT2D eigenvalue weighted by Crippen LogP contribution is 2.31. The largest absolute Gasteiger partial charge is 0.416 e. The van der Waals surface area contributed by atoms with Crippen LogP contribution in [-0.4, -0.2) is 49.7 Å². The van der Waals surface area contributed by atoms with Crippen LogP contribution in [0.5, 0.6) is 0 Å². The number of nitrogens with one attached hydrogen (secondary N) is 1. The number of ether oxygens (including phenoxy) is 1. The Kier molecular flexibility index (Phi) is 6.66. The van der Waals surface area contributed by atoms with Crippen LogP contribution in [0.15, 0.2) is 29.3 Å². The van der Waals surface area contributed by atoms with E-state index in [1.54, 1.807) is 0 Å². The molecule has 1 aliphatic rings. The van der Waals surface area contributed by atoms with Crippen molar-refractivity contribution in [1.29, 1.82) is 0 Å². The van der Waals surface area contributed by atoms with Crippen molar-refractivity contribution in [3.63, 3.8) is 0 Å². The van der Waals surface area contributed by atoms with Gasteiger partial charge in [-0.1, -0.05) is 12.1 Å².